The van der Waals surface area contributed by atoms with E-state index in [2.05, 4.69) is 15.8 Å². The highest BCUT2D eigenvalue weighted by Gasteiger charge is 2.31. The molecule has 10 nitrogen and oxygen atoms in total. The van der Waals surface area contributed by atoms with Crippen LogP contribution in [0, 0.1) is 12.8 Å². The normalized spacial score (nSPS) is 16.4. The van der Waals surface area contributed by atoms with Gasteiger partial charge in [-0.15, -0.1) is 0 Å². The molecule has 1 saturated carbocycles. The first kappa shape index (κ1) is 28.2. The molecular weight excluding hydrogens is 474 g/mol. The van der Waals surface area contributed by atoms with Gasteiger partial charge in [0, 0.05) is 37.7 Å². The number of nitrogens with one attached hydrogen (secondary N) is 2. The maximum Gasteiger partial charge on any atom is 0.273 e. The van der Waals surface area contributed by atoms with Crippen LogP contribution in [-0.2, 0) is 16.0 Å². The van der Waals surface area contributed by atoms with Crippen LogP contribution in [-0.4, -0.2) is 65.1 Å². The van der Waals surface area contributed by atoms with E-state index in [0.29, 0.717) is 44.0 Å². The predicted octanol–water partition coefficient (Wildman–Crippen LogP) is 2.25. The molecule has 1 unspecified atom stereocenters. The Hall–Kier alpha value is -3.40. The summed E-state index contributed by atoms with van der Waals surface area (Å²) in [6, 6.07) is 6.91. The smallest absolute Gasteiger partial charge is 0.273 e. The van der Waals surface area contributed by atoms with Gasteiger partial charge in [-0.1, -0.05) is 31.1 Å². The van der Waals surface area contributed by atoms with Crippen molar-refractivity contribution in [3.8, 4) is 5.75 Å². The number of benzene rings is 1. The average Bonchev–Trinajstić information content (AvgIpc) is 3.65. The molecule has 4 rings (SSSR count). The van der Waals surface area contributed by atoms with E-state index in [1.165, 1.54) is 0 Å². The fourth-order valence-corrected chi connectivity index (χ4v) is 4.40. The number of carbonyl (C=O) groups is 3. The van der Waals surface area contributed by atoms with Gasteiger partial charge in [-0.05, 0) is 56.2 Å². The highest BCUT2D eigenvalue weighted by atomic mass is 16.5. The van der Waals surface area contributed by atoms with Gasteiger partial charge in [-0.2, -0.15) is 0 Å². The first-order valence-electron chi connectivity index (χ1n) is 13.2. The molecule has 37 heavy (non-hydrogen) atoms. The Morgan fingerprint density at radius 1 is 1.16 bits per heavy atom. The van der Waals surface area contributed by atoms with Crippen molar-refractivity contribution < 1.29 is 24.0 Å². The predicted molar refractivity (Wildman–Crippen MR) is 139 cm³/mol. The number of nitrogens with zero attached hydrogens (tertiary/aromatic N) is 2. The van der Waals surface area contributed by atoms with Crippen LogP contribution in [0.15, 0.2) is 28.8 Å². The van der Waals surface area contributed by atoms with Crippen LogP contribution in [0.2, 0.25) is 0 Å². The lowest BCUT2D eigenvalue weighted by molar-refractivity contribution is -0.136. The number of nitrogens with two attached hydrogens (primary N) is 1. The maximum absolute atomic E-state index is 13.4. The summed E-state index contributed by atoms with van der Waals surface area (Å²) < 4.78 is 5.27. The van der Waals surface area contributed by atoms with Crippen molar-refractivity contribution in [2.24, 2.45) is 11.7 Å². The highest BCUT2D eigenvalue weighted by Crippen LogP contribution is 2.40. The zero-order valence-electron chi connectivity index (χ0n) is 22.0. The van der Waals surface area contributed by atoms with Crippen LogP contribution in [0.1, 0.15) is 72.8 Å². The zero-order chi connectivity index (χ0) is 26.9. The highest BCUT2D eigenvalue weighted by molar-refractivity contribution is 5.92. The lowest BCUT2D eigenvalue weighted by Gasteiger charge is -2.34. The van der Waals surface area contributed by atoms with Gasteiger partial charge in [0.05, 0.1) is 12.5 Å². The Morgan fingerprint density at radius 2 is 1.86 bits per heavy atom. The molecule has 0 bridgehead atoms. The Kier molecular flexibility index (Phi) is 10.1. The SMILES string of the molecule is CC.Cc1cc(CC(CNC(=O)CN)C(=O)N2CCC(NC(=O)c3cc(C4CC4)on3)CC2)ccc1O. The summed E-state index contributed by atoms with van der Waals surface area (Å²) in [4.78, 5) is 39.4. The molecular formula is C27H39N5O5. The van der Waals surface area contributed by atoms with Gasteiger partial charge in [0.2, 0.25) is 11.8 Å². The fraction of sp³-hybridized carbons (Fsp3) is 0.556. The maximum atomic E-state index is 13.4. The largest absolute Gasteiger partial charge is 0.508 e. The standard InChI is InChI=1S/C25H33N5O5.C2H6/c1-15-10-16(2-5-21(15)31)11-18(14-27-23(32)13-26)25(34)30-8-6-19(7-9-30)28-24(33)20-12-22(35-29-20)17-3-4-17;1-2/h2,5,10,12,17-19,31H,3-4,6-9,11,13-14,26H2,1H3,(H,27,32)(H,28,33);1-2H3. The Balaban J connectivity index is 0.00000186. The number of hydrogen-bond acceptors (Lipinski definition) is 7. The van der Waals surface area contributed by atoms with Gasteiger partial charge in [0.1, 0.15) is 11.5 Å². The molecule has 1 atom stereocenters. The third-order valence-electron chi connectivity index (χ3n) is 6.71. The minimum atomic E-state index is -0.462. The number of rotatable bonds is 9. The molecule has 2 aromatic rings. The summed E-state index contributed by atoms with van der Waals surface area (Å²) in [5, 5.41) is 19.4. The monoisotopic (exact) mass is 513 g/mol. The summed E-state index contributed by atoms with van der Waals surface area (Å²) in [7, 11) is 0. The summed E-state index contributed by atoms with van der Waals surface area (Å²) >= 11 is 0. The Labute approximate surface area is 217 Å². The van der Waals surface area contributed by atoms with Crippen LogP contribution in [0.4, 0.5) is 0 Å². The third-order valence-corrected chi connectivity index (χ3v) is 6.71. The van der Waals surface area contributed by atoms with Crippen LogP contribution < -0.4 is 16.4 Å². The summed E-state index contributed by atoms with van der Waals surface area (Å²) in [6.07, 6.45) is 3.84. The van der Waals surface area contributed by atoms with Gasteiger partial charge < -0.3 is 30.9 Å². The van der Waals surface area contributed by atoms with E-state index in [4.69, 9.17) is 10.3 Å². The minimum Gasteiger partial charge on any atom is -0.508 e. The van der Waals surface area contributed by atoms with Gasteiger partial charge in [-0.25, -0.2) is 0 Å². The number of piperidine rings is 1. The van der Waals surface area contributed by atoms with E-state index in [9.17, 15) is 19.5 Å². The number of carbonyl (C=O) groups excluding carboxylic acids is 3. The number of phenols is 1. The molecule has 1 aromatic carbocycles. The molecule has 2 fully saturated rings. The van der Waals surface area contributed by atoms with E-state index < -0.39 is 5.92 Å². The summed E-state index contributed by atoms with van der Waals surface area (Å²) in [5.74, 6) is 0.282. The summed E-state index contributed by atoms with van der Waals surface area (Å²) in [5.41, 5.74) is 7.33. The molecule has 1 aliphatic heterocycles. The molecule has 1 saturated heterocycles. The number of aromatic hydroxyl groups is 1. The van der Waals surface area contributed by atoms with E-state index >= 15 is 0 Å². The molecule has 0 radical (unpaired) electrons. The van der Waals surface area contributed by atoms with Crippen LogP contribution >= 0.6 is 0 Å². The number of amides is 3. The molecule has 1 aliphatic carbocycles. The van der Waals surface area contributed by atoms with Crippen LogP contribution in [0.25, 0.3) is 0 Å². The molecule has 3 amide bonds. The van der Waals surface area contributed by atoms with Crippen molar-refractivity contribution in [3.63, 3.8) is 0 Å². The van der Waals surface area contributed by atoms with Crippen molar-refractivity contribution >= 4 is 17.7 Å². The molecule has 1 aromatic heterocycles. The second-order valence-corrected chi connectivity index (χ2v) is 9.49. The first-order chi connectivity index (χ1) is 17.8. The van der Waals surface area contributed by atoms with Crippen molar-refractivity contribution in [2.45, 2.75) is 64.8 Å². The lowest BCUT2D eigenvalue weighted by Crippen LogP contribution is -2.50. The molecule has 2 heterocycles. The summed E-state index contributed by atoms with van der Waals surface area (Å²) in [6.45, 7) is 6.85. The lowest BCUT2D eigenvalue weighted by atomic mass is 9.95. The molecule has 10 heteroatoms. The number of phenolic OH excluding ortho intramolecular Hbond substituents is 1. The number of aryl methyl sites for hydroxylation is 1. The zero-order valence-corrected chi connectivity index (χ0v) is 22.0. The molecule has 0 spiro atoms. The minimum absolute atomic E-state index is 0.0524. The number of aromatic nitrogens is 1. The first-order valence-corrected chi connectivity index (χ1v) is 13.2. The fourth-order valence-electron chi connectivity index (χ4n) is 4.40. The van der Waals surface area contributed by atoms with Gasteiger partial charge in [-0.3, -0.25) is 14.4 Å². The Bertz CT molecular complexity index is 1070. The Morgan fingerprint density at radius 3 is 2.49 bits per heavy atom. The number of likely N-dealkylation sites (tertiary alicyclic amines) is 1. The molecule has 5 N–H and O–H groups in total. The van der Waals surface area contributed by atoms with Gasteiger partial charge in [0.25, 0.3) is 5.91 Å². The second-order valence-electron chi connectivity index (χ2n) is 9.49. The van der Waals surface area contributed by atoms with Crippen molar-refractivity contribution in [3.05, 3.63) is 46.8 Å². The molecule has 202 valence electrons. The topological polar surface area (TPSA) is 151 Å². The van der Waals surface area contributed by atoms with E-state index in [1.54, 1.807) is 30.0 Å². The number of hydrogen-bond donors (Lipinski definition) is 4. The second kappa shape index (κ2) is 13.2. The molecule has 2 aliphatic rings. The third kappa shape index (κ3) is 7.79. The van der Waals surface area contributed by atoms with Gasteiger partial charge in [0.15, 0.2) is 5.69 Å². The van der Waals surface area contributed by atoms with Crippen LogP contribution in [0.5, 0.6) is 5.75 Å². The van der Waals surface area contributed by atoms with Crippen molar-refractivity contribution in [2.75, 3.05) is 26.2 Å². The average molecular weight is 514 g/mol. The van der Waals surface area contributed by atoms with Gasteiger partial charge >= 0.3 is 0 Å². The van der Waals surface area contributed by atoms with E-state index in [1.807, 2.05) is 19.9 Å². The quantitative estimate of drug-likeness (QED) is 0.401. The van der Waals surface area contributed by atoms with E-state index in [0.717, 1.165) is 29.7 Å². The van der Waals surface area contributed by atoms with Crippen LogP contribution in [0.3, 0.4) is 0 Å². The van der Waals surface area contributed by atoms with E-state index in [-0.39, 0.29) is 42.6 Å². The van der Waals surface area contributed by atoms with Crippen molar-refractivity contribution in [1.82, 2.24) is 20.7 Å². The van der Waals surface area contributed by atoms with Crippen molar-refractivity contribution in [1.29, 1.82) is 0 Å².